The molecule has 0 bridgehead atoms. The summed E-state index contributed by atoms with van der Waals surface area (Å²) >= 11 is 0. The monoisotopic (exact) mass is 351 g/mol. The van der Waals surface area contributed by atoms with E-state index in [0.29, 0.717) is 18.5 Å². The fraction of sp³-hybridized carbons (Fsp3) is 0.450. The van der Waals surface area contributed by atoms with E-state index < -0.39 is 0 Å². The Labute approximate surface area is 154 Å². The molecule has 1 amide bonds. The lowest BCUT2D eigenvalue weighted by Crippen LogP contribution is -2.35. The molecule has 0 radical (unpaired) electrons. The second-order valence-corrected chi connectivity index (χ2v) is 6.79. The molecule has 6 heteroatoms. The first-order chi connectivity index (χ1) is 12.6. The first-order valence-corrected chi connectivity index (χ1v) is 9.13. The third-order valence-corrected chi connectivity index (χ3v) is 4.76. The zero-order valence-corrected chi connectivity index (χ0v) is 15.3. The van der Waals surface area contributed by atoms with Gasteiger partial charge in [-0.05, 0) is 37.1 Å². The fourth-order valence-electron chi connectivity index (χ4n) is 3.28. The maximum atomic E-state index is 12.5. The van der Waals surface area contributed by atoms with E-state index in [2.05, 4.69) is 16.1 Å². The molecule has 1 saturated heterocycles. The quantitative estimate of drug-likeness (QED) is 0.828. The van der Waals surface area contributed by atoms with Crippen molar-refractivity contribution in [1.82, 2.24) is 19.6 Å². The molecule has 136 valence electrons. The summed E-state index contributed by atoms with van der Waals surface area (Å²) in [6, 6.07) is 11.8. The highest BCUT2D eigenvalue weighted by Crippen LogP contribution is 2.11. The van der Waals surface area contributed by atoms with Crippen molar-refractivity contribution in [1.29, 1.82) is 5.26 Å². The lowest BCUT2D eigenvalue weighted by molar-refractivity contribution is -0.131. The number of carbonyl (C=O) groups excluding carboxylic acids is 1. The molecule has 1 aromatic heterocycles. The molecule has 1 aliphatic heterocycles. The highest BCUT2D eigenvalue weighted by molar-refractivity contribution is 5.76. The molecule has 3 rings (SSSR count). The van der Waals surface area contributed by atoms with Crippen LogP contribution in [0.25, 0.3) is 0 Å². The van der Waals surface area contributed by atoms with E-state index >= 15 is 0 Å². The predicted molar refractivity (Wildman–Crippen MR) is 99.2 cm³/mol. The van der Waals surface area contributed by atoms with Crippen molar-refractivity contribution < 1.29 is 4.79 Å². The molecule has 1 aromatic carbocycles. The summed E-state index contributed by atoms with van der Waals surface area (Å²) in [7, 11) is 0. The van der Waals surface area contributed by atoms with E-state index in [-0.39, 0.29) is 5.91 Å². The standard InChI is InChI=1S/C20H25N5O/c1-17-7-11-25(22-17)12-8-20(26)24-10-2-9-23(13-14-24)16-19-5-3-18(15-21)4-6-19/h3-7,11H,2,8-10,12-14,16H2,1H3. The Kier molecular flexibility index (Phi) is 6.03. The van der Waals surface area contributed by atoms with Gasteiger partial charge in [0.05, 0.1) is 17.3 Å². The average Bonchev–Trinajstić information content (AvgIpc) is 2.93. The summed E-state index contributed by atoms with van der Waals surface area (Å²) < 4.78 is 1.84. The fourth-order valence-corrected chi connectivity index (χ4v) is 3.28. The van der Waals surface area contributed by atoms with Crippen LogP contribution in [0.1, 0.15) is 29.7 Å². The van der Waals surface area contributed by atoms with E-state index in [0.717, 1.165) is 44.8 Å². The van der Waals surface area contributed by atoms with E-state index in [4.69, 9.17) is 5.26 Å². The van der Waals surface area contributed by atoms with Crippen molar-refractivity contribution in [2.24, 2.45) is 0 Å². The van der Waals surface area contributed by atoms with Gasteiger partial charge in [0.2, 0.25) is 5.91 Å². The molecule has 0 aliphatic carbocycles. The summed E-state index contributed by atoms with van der Waals surface area (Å²) in [5.41, 5.74) is 2.87. The summed E-state index contributed by atoms with van der Waals surface area (Å²) in [6.45, 7) is 6.91. The lowest BCUT2D eigenvalue weighted by Gasteiger charge is -2.22. The maximum absolute atomic E-state index is 12.5. The van der Waals surface area contributed by atoms with E-state index in [1.165, 1.54) is 5.56 Å². The molecule has 1 fully saturated rings. The van der Waals surface area contributed by atoms with Gasteiger partial charge in [-0.2, -0.15) is 10.4 Å². The molecule has 1 aliphatic rings. The molecule has 2 aromatic rings. The molecule has 6 nitrogen and oxygen atoms in total. The summed E-state index contributed by atoms with van der Waals surface area (Å²) in [4.78, 5) is 16.9. The Hall–Kier alpha value is -2.65. The Bertz CT molecular complexity index is 774. The van der Waals surface area contributed by atoms with Crippen LogP contribution in [0, 0.1) is 18.3 Å². The minimum absolute atomic E-state index is 0.207. The molecule has 0 unspecified atom stereocenters. The highest BCUT2D eigenvalue weighted by Gasteiger charge is 2.19. The van der Waals surface area contributed by atoms with Crippen LogP contribution in [0.5, 0.6) is 0 Å². The van der Waals surface area contributed by atoms with E-state index in [1.807, 2.05) is 53.0 Å². The maximum Gasteiger partial charge on any atom is 0.224 e. The van der Waals surface area contributed by atoms with Crippen LogP contribution in [0.3, 0.4) is 0 Å². The minimum atomic E-state index is 0.207. The lowest BCUT2D eigenvalue weighted by atomic mass is 10.1. The van der Waals surface area contributed by atoms with Crippen LogP contribution in [-0.4, -0.2) is 51.7 Å². The zero-order chi connectivity index (χ0) is 18.4. The molecule has 0 spiro atoms. The number of hydrogen-bond acceptors (Lipinski definition) is 4. The number of aryl methyl sites for hydroxylation is 2. The normalized spacial score (nSPS) is 15.5. The summed E-state index contributed by atoms with van der Waals surface area (Å²) in [6.07, 6.45) is 3.41. The Morgan fingerprint density at radius 2 is 1.96 bits per heavy atom. The molecule has 26 heavy (non-hydrogen) atoms. The second kappa shape index (κ2) is 8.63. The van der Waals surface area contributed by atoms with Gasteiger partial charge in [0, 0.05) is 51.9 Å². The number of aromatic nitrogens is 2. The van der Waals surface area contributed by atoms with Gasteiger partial charge in [-0.1, -0.05) is 12.1 Å². The van der Waals surface area contributed by atoms with Crippen LogP contribution in [-0.2, 0) is 17.9 Å². The molecular weight excluding hydrogens is 326 g/mol. The van der Waals surface area contributed by atoms with Gasteiger partial charge in [-0.15, -0.1) is 0 Å². The van der Waals surface area contributed by atoms with Gasteiger partial charge in [0.25, 0.3) is 0 Å². The average molecular weight is 351 g/mol. The van der Waals surface area contributed by atoms with Gasteiger partial charge >= 0.3 is 0 Å². The Balaban J connectivity index is 1.47. The van der Waals surface area contributed by atoms with Crippen LogP contribution < -0.4 is 0 Å². The zero-order valence-electron chi connectivity index (χ0n) is 15.3. The van der Waals surface area contributed by atoms with Crippen molar-refractivity contribution in [2.75, 3.05) is 26.2 Å². The predicted octanol–water partition coefficient (Wildman–Crippen LogP) is 2.19. The Morgan fingerprint density at radius 1 is 1.15 bits per heavy atom. The smallest absolute Gasteiger partial charge is 0.224 e. The van der Waals surface area contributed by atoms with Gasteiger partial charge in [-0.3, -0.25) is 14.4 Å². The number of carbonyl (C=O) groups is 1. The van der Waals surface area contributed by atoms with Crippen molar-refractivity contribution >= 4 is 5.91 Å². The van der Waals surface area contributed by atoms with Crippen molar-refractivity contribution in [3.05, 3.63) is 53.3 Å². The van der Waals surface area contributed by atoms with Crippen molar-refractivity contribution in [3.8, 4) is 6.07 Å². The second-order valence-electron chi connectivity index (χ2n) is 6.79. The third-order valence-electron chi connectivity index (χ3n) is 4.76. The number of benzene rings is 1. The van der Waals surface area contributed by atoms with Gasteiger partial charge < -0.3 is 4.90 Å². The molecule has 2 heterocycles. The number of nitrogens with zero attached hydrogens (tertiary/aromatic N) is 5. The largest absolute Gasteiger partial charge is 0.341 e. The molecule has 0 N–H and O–H groups in total. The number of rotatable bonds is 5. The first-order valence-electron chi connectivity index (χ1n) is 9.13. The van der Waals surface area contributed by atoms with Crippen molar-refractivity contribution in [2.45, 2.75) is 32.9 Å². The van der Waals surface area contributed by atoms with Crippen molar-refractivity contribution in [3.63, 3.8) is 0 Å². The first kappa shape index (κ1) is 18.2. The van der Waals surface area contributed by atoms with E-state index in [1.54, 1.807) is 0 Å². The van der Waals surface area contributed by atoms with Gasteiger partial charge in [0.15, 0.2) is 0 Å². The summed E-state index contributed by atoms with van der Waals surface area (Å²) in [5, 5.41) is 13.2. The molecule has 0 atom stereocenters. The number of amides is 1. The Morgan fingerprint density at radius 3 is 2.65 bits per heavy atom. The number of nitriles is 1. The topological polar surface area (TPSA) is 65.2 Å². The molecule has 0 saturated carbocycles. The van der Waals surface area contributed by atoms with E-state index in [9.17, 15) is 4.79 Å². The van der Waals surface area contributed by atoms with Gasteiger partial charge in [-0.25, -0.2) is 0 Å². The highest BCUT2D eigenvalue weighted by atomic mass is 16.2. The van der Waals surface area contributed by atoms with Crippen LogP contribution in [0.2, 0.25) is 0 Å². The summed E-state index contributed by atoms with van der Waals surface area (Å²) in [5.74, 6) is 0.207. The van der Waals surface area contributed by atoms with Crippen LogP contribution in [0.15, 0.2) is 36.5 Å². The molecular formula is C20H25N5O. The minimum Gasteiger partial charge on any atom is -0.341 e. The third kappa shape index (κ3) is 4.93. The van der Waals surface area contributed by atoms with Crippen LogP contribution >= 0.6 is 0 Å². The van der Waals surface area contributed by atoms with Crippen LogP contribution in [0.4, 0.5) is 0 Å². The van der Waals surface area contributed by atoms with Gasteiger partial charge in [0.1, 0.15) is 0 Å². The SMILES string of the molecule is Cc1ccn(CCC(=O)N2CCCN(Cc3ccc(C#N)cc3)CC2)n1. The number of hydrogen-bond donors (Lipinski definition) is 0.